The first-order valence-corrected chi connectivity index (χ1v) is 8.35. The lowest BCUT2D eigenvalue weighted by atomic mass is 9.82. The van der Waals surface area contributed by atoms with Crippen molar-refractivity contribution in [3.8, 4) is 5.75 Å². The molecule has 1 aliphatic carbocycles. The molecule has 0 fully saturated rings. The minimum Gasteiger partial charge on any atom is -0.497 e. The Morgan fingerprint density at radius 1 is 0.917 bits per heavy atom. The molecule has 0 bridgehead atoms. The van der Waals surface area contributed by atoms with Crippen molar-refractivity contribution in [2.45, 2.75) is 31.3 Å². The first-order valence-electron chi connectivity index (χ1n) is 8.35. The van der Waals surface area contributed by atoms with Crippen LogP contribution < -0.4 is 4.74 Å². The molecule has 2 unspecified atom stereocenters. The lowest BCUT2D eigenvalue weighted by Gasteiger charge is -2.22. The van der Waals surface area contributed by atoms with Crippen LogP contribution in [0.1, 0.15) is 42.4 Å². The Bertz CT molecular complexity index is 774. The number of allylic oxidation sites excluding steroid dienone is 1. The largest absolute Gasteiger partial charge is 0.497 e. The molecule has 24 heavy (non-hydrogen) atoms. The summed E-state index contributed by atoms with van der Waals surface area (Å²) in [4.78, 5) is 12.6. The maximum atomic E-state index is 12.6. The van der Waals surface area contributed by atoms with E-state index in [0.29, 0.717) is 12.8 Å². The van der Waals surface area contributed by atoms with E-state index in [9.17, 15) is 4.79 Å². The number of rotatable bonds is 3. The summed E-state index contributed by atoms with van der Waals surface area (Å²) in [5, 5.41) is 0. The number of ether oxygens (including phenoxy) is 2. The summed E-state index contributed by atoms with van der Waals surface area (Å²) in [6, 6.07) is 18.1. The zero-order chi connectivity index (χ0) is 16.5. The maximum Gasteiger partial charge on any atom is 0.162 e. The monoisotopic (exact) mass is 320 g/mol. The number of methoxy groups -OCH3 is 1. The highest BCUT2D eigenvalue weighted by Crippen LogP contribution is 2.45. The molecule has 0 radical (unpaired) electrons. The smallest absolute Gasteiger partial charge is 0.162 e. The van der Waals surface area contributed by atoms with E-state index in [0.717, 1.165) is 29.1 Å². The second kappa shape index (κ2) is 6.16. The van der Waals surface area contributed by atoms with Crippen LogP contribution in [0.5, 0.6) is 5.75 Å². The van der Waals surface area contributed by atoms with Crippen molar-refractivity contribution in [3.05, 3.63) is 77.1 Å². The van der Waals surface area contributed by atoms with Gasteiger partial charge in [0.2, 0.25) is 0 Å². The molecule has 1 aliphatic heterocycles. The predicted octanol–water partition coefficient (Wildman–Crippen LogP) is 4.56. The Hall–Kier alpha value is -2.55. The Labute approximate surface area is 141 Å². The Morgan fingerprint density at radius 2 is 1.67 bits per heavy atom. The van der Waals surface area contributed by atoms with Crippen LogP contribution in [0.3, 0.4) is 0 Å². The molecule has 2 aromatic rings. The van der Waals surface area contributed by atoms with Crippen molar-refractivity contribution in [3.63, 3.8) is 0 Å². The molecule has 3 heteroatoms. The van der Waals surface area contributed by atoms with Crippen LogP contribution in [0.4, 0.5) is 0 Å². The van der Waals surface area contributed by atoms with Gasteiger partial charge < -0.3 is 9.47 Å². The number of hydrogen-bond acceptors (Lipinski definition) is 3. The van der Waals surface area contributed by atoms with E-state index in [4.69, 9.17) is 9.47 Å². The van der Waals surface area contributed by atoms with Crippen LogP contribution in [0, 0.1) is 0 Å². The lowest BCUT2D eigenvalue weighted by molar-refractivity contribution is -0.116. The fraction of sp³-hybridized carbons (Fsp3) is 0.286. The highest BCUT2D eigenvalue weighted by molar-refractivity contribution is 5.97. The van der Waals surface area contributed by atoms with Gasteiger partial charge in [-0.05, 0) is 29.2 Å². The Balaban J connectivity index is 1.53. The lowest BCUT2D eigenvalue weighted by Crippen LogP contribution is -2.16. The third kappa shape index (κ3) is 2.71. The first-order chi connectivity index (χ1) is 11.7. The van der Waals surface area contributed by atoms with E-state index in [1.807, 2.05) is 42.5 Å². The van der Waals surface area contributed by atoms with E-state index in [1.165, 1.54) is 5.56 Å². The van der Waals surface area contributed by atoms with Crippen molar-refractivity contribution in [1.82, 2.24) is 0 Å². The van der Waals surface area contributed by atoms with E-state index in [-0.39, 0.29) is 17.8 Å². The van der Waals surface area contributed by atoms with E-state index >= 15 is 0 Å². The molecular formula is C21H20O3. The molecule has 0 spiro atoms. The molecule has 2 aromatic carbocycles. The zero-order valence-electron chi connectivity index (χ0n) is 13.7. The Kier molecular flexibility index (Phi) is 3.85. The standard InChI is InChI=1S/C21H20O3/c1-23-17-9-7-14(8-10-17)16-11-19(22)18-13-20(24-21(18)12-16)15-5-3-2-4-6-15/h2-10,16,20H,11-13H2,1H3. The number of Topliss-reactive ketones (excluding diaryl/α,β-unsaturated/α-hetero) is 1. The number of ketones is 1. The van der Waals surface area contributed by atoms with Crippen LogP contribution >= 0.6 is 0 Å². The fourth-order valence-corrected chi connectivity index (χ4v) is 3.63. The second-order valence-corrected chi connectivity index (χ2v) is 6.42. The summed E-state index contributed by atoms with van der Waals surface area (Å²) >= 11 is 0. The van der Waals surface area contributed by atoms with Crippen molar-refractivity contribution < 1.29 is 14.3 Å². The van der Waals surface area contributed by atoms with Crippen molar-refractivity contribution >= 4 is 5.78 Å². The van der Waals surface area contributed by atoms with Gasteiger partial charge in [0.15, 0.2) is 5.78 Å². The van der Waals surface area contributed by atoms with E-state index < -0.39 is 0 Å². The van der Waals surface area contributed by atoms with Gasteiger partial charge in [-0.2, -0.15) is 0 Å². The highest BCUT2D eigenvalue weighted by Gasteiger charge is 2.37. The number of carbonyl (C=O) groups excluding carboxylic acids is 1. The molecule has 0 saturated carbocycles. The van der Waals surface area contributed by atoms with Crippen LogP contribution in [0.25, 0.3) is 0 Å². The van der Waals surface area contributed by atoms with Crippen LogP contribution in [0.2, 0.25) is 0 Å². The molecule has 2 aliphatic rings. The minimum absolute atomic E-state index is 0.0187. The topological polar surface area (TPSA) is 35.5 Å². The van der Waals surface area contributed by atoms with Gasteiger partial charge in [0, 0.05) is 24.8 Å². The molecule has 2 atom stereocenters. The van der Waals surface area contributed by atoms with E-state index in [1.54, 1.807) is 7.11 Å². The molecule has 4 rings (SSSR count). The van der Waals surface area contributed by atoms with Gasteiger partial charge in [0.25, 0.3) is 0 Å². The SMILES string of the molecule is COc1ccc(C2CC(=O)C3=C(C2)OC(c2ccccc2)C3)cc1. The van der Waals surface area contributed by atoms with E-state index in [2.05, 4.69) is 12.1 Å². The van der Waals surface area contributed by atoms with Crippen LogP contribution in [0.15, 0.2) is 65.9 Å². The zero-order valence-corrected chi connectivity index (χ0v) is 13.7. The third-order valence-corrected chi connectivity index (χ3v) is 4.97. The number of benzene rings is 2. The molecule has 0 aromatic heterocycles. The van der Waals surface area contributed by atoms with Gasteiger partial charge in [-0.1, -0.05) is 42.5 Å². The third-order valence-electron chi connectivity index (χ3n) is 4.97. The molecule has 3 nitrogen and oxygen atoms in total. The fourth-order valence-electron chi connectivity index (χ4n) is 3.63. The van der Waals surface area contributed by atoms with Crippen LogP contribution in [-0.4, -0.2) is 12.9 Å². The number of carbonyl (C=O) groups is 1. The molecular weight excluding hydrogens is 300 g/mol. The summed E-state index contributed by atoms with van der Waals surface area (Å²) in [5.41, 5.74) is 3.21. The summed E-state index contributed by atoms with van der Waals surface area (Å²) in [6.07, 6.45) is 2.05. The van der Waals surface area contributed by atoms with Crippen LogP contribution in [-0.2, 0) is 9.53 Å². The minimum atomic E-state index is -0.0187. The first kappa shape index (κ1) is 15.0. The molecule has 1 heterocycles. The number of hydrogen-bond donors (Lipinski definition) is 0. The van der Waals surface area contributed by atoms with Crippen molar-refractivity contribution in [2.24, 2.45) is 0 Å². The molecule has 122 valence electrons. The van der Waals surface area contributed by atoms with Gasteiger partial charge in [-0.3, -0.25) is 4.79 Å². The average Bonchev–Trinajstić information content (AvgIpc) is 3.07. The summed E-state index contributed by atoms with van der Waals surface area (Å²) in [7, 11) is 1.66. The van der Waals surface area contributed by atoms with Crippen molar-refractivity contribution in [1.29, 1.82) is 0 Å². The van der Waals surface area contributed by atoms with Gasteiger partial charge in [0.1, 0.15) is 17.6 Å². The predicted molar refractivity (Wildman–Crippen MR) is 91.9 cm³/mol. The maximum absolute atomic E-state index is 12.6. The quantitative estimate of drug-likeness (QED) is 0.832. The molecule has 0 amide bonds. The second-order valence-electron chi connectivity index (χ2n) is 6.42. The van der Waals surface area contributed by atoms with Crippen molar-refractivity contribution in [2.75, 3.05) is 7.11 Å². The average molecular weight is 320 g/mol. The Morgan fingerprint density at radius 3 is 2.38 bits per heavy atom. The summed E-state index contributed by atoms with van der Waals surface area (Å²) in [5.74, 6) is 2.15. The normalized spacial score (nSPS) is 23.0. The molecule has 0 N–H and O–H groups in total. The highest BCUT2D eigenvalue weighted by atomic mass is 16.5. The van der Waals surface area contributed by atoms with Gasteiger partial charge in [0.05, 0.1) is 7.11 Å². The van der Waals surface area contributed by atoms with Gasteiger partial charge in [-0.15, -0.1) is 0 Å². The van der Waals surface area contributed by atoms with Gasteiger partial charge >= 0.3 is 0 Å². The molecule has 0 saturated heterocycles. The summed E-state index contributed by atoms with van der Waals surface area (Å²) < 4.78 is 11.4. The summed E-state index contributed by atoms with van der Waals surface area (Å²) in [6.45, 7) is 0. The van der Waals surface area contributed by atoms with Gasteiger partial charge in [-0.25, -0.2) is 0 Å².